The summed E-state index contributed by atoms with van der Waals surface area (Å²) < 4.78 is 0. The molecule has 0 aliphatic carbocycles. The molecule has 1 aliphatic rings. The summed E-state index contributed by atoms with van der Waals surface area (Å²) in [5.74, 6) is -1.30. The molecule has 0 aromatic heterocycles. The summed E-state index contributed by atoms with van der Waals surface area (Å²) in [6.45, 7) is 0.764. The number of nitrogens with zero attached hydrogens (tertiary/aromatic N) is 1. The quantitative estimate of drug-likeness (QED) is 0.192. The van der Waals surface area contributed by atoms with Gasteiger partial charge in [0.1, 0.15) is 6.04 Å². The molecule has 3 amide bonds. The lowest BCUT2D eigenvalue weighted by Gasteiger charge is -2.26. The van der Waals surface area contributed by atoms with Crippen molar-refractivity contribution in [2.75, 3.05) is 13.1 Å². The van der Waals surface area contributed by atoms with Gasteiger partial charge < -0.3 is 32.5 Å². The zero-order valence-electron chi connectivity index (χ0n) is 18.3. The Morgan fingerprint density at radius 1 is 1.03 bits per heavy atom. The molecule has 10 nitrogen and oxygen atoms in total. The fourth-order valence-corrected chi connectivity index (χ4v) is 3.53. The van der Waals surface area contributed by atoms with Crippen molar-refractivity contribution in [1.29, 1.82) is 0 Å². The zero-order chi connectivity index (χ0) is 23.3. The second-order valence-electron chi connectivity index (χ2n) is 7.92. The molecule has 0 radical (unpaired) electrons. The fourth-order valence-electron chi connectivity index (χ4n) is 3.53. The Hall–Kier alpha value is -3.14. The molecule has 1 aliphatic heterocycles. The number of aliphatic imine (C=N–C) groups is 1. The second-order valence-corrected chi connectivity index (χ2v) is 7.92. The fraction of sp³-hybridized carbons (Fsp3) is 0.545. The first-order valence-corrected chi connectivity index (χ1v) is 11.0. The molecule has 2 rings (SSSR count). The highest BCUT2D eigenvalue weighted by Crippen LogP contribution is 2.09. The summed E-state index contributed by atoms with van der Waals surface area (Å²) >= 11 is 0. The maximum Gasteiger partial charge on any atom is 0.251 e. The normalized spacial score (nSPS) is 23.3. The number of carbonyl (C=O) groups is 3. The molecule has 1 aromatic rings. The highest BCUT2D eigenvalue weighted by molar-refractivity contribution is 5.90. The van der Waals surface area contributed by atoms with Crippen LogP contribution in [0.3, 0.4) is 0 Å². The molecule has 3 atom stereocenters. The van der Waals surface area contributed by atoms with Crippen molar-refractivity contribution >= 4 is 23.7 Å². The van der Waals surface area contributed by atoms with Crippen LogP contribution in [0, 0.1) is 0 Å². The number of aliphatic hydroxyl groups is 1. The van der Waals surface area contributed by atoms with Crippen LogP contribution in [0.15, 0.2) is 35.3 Å². The van der Waals surface area contributed by atoms with E-state index in [0.717, 1.165) is 18.4 Å². The monoisotopic (exact) mass is 446 g/mol. The lowest BCUT2D eigenvalue weighted by Crippen LogP contribution is -2.56. The Morgan fingerprint density at radius 3 is 2.50 bits per heavy atom. The number of hydrogen-bond acceptors (Lipinski definition) is 5. The summed E-state index contributed by atoms with van der Waals surface area (Å²) in [6.07, 6.45) is 1.96. The smallest absolute Gasteiger partial charge is 0.251 e. The molecule has 0 bridgehead atoms. The molecule has 10 heteroatoms. The van der Waals surface area contributed by atoms with E-state index in [9.17, 15) is 19.5 Å². The van der Waals surface area contributed by atoms with Gasteiger partial charge in [-0.1, -0.05) is 36.8 Å². The average Bonchev–Trinajstić information content (AvgIpc) is 2.77. The van der Waals surface area contributed by atoms with E-state index >= 15 is 0 Å². The van der Waals surface area contributed by atoms with Crippen molar-refractivity contribution in [2.45, 2.75) is 63.1 Å². The maximum absolute atomic E-state index is 12.8. The molecule has 176 valence electrons. The SMILES string of the molecule is NC(N)=NCCC[C@@H]1NC(=O)CCCCCNC(=O)[C@@H](Cc2ccccc2)NC(=O)C1O. The van der Waals surface area contributed by atoms with Crippen molar-refractivity contribution in [3.05, 3.63) is 35.9 Å². The largest absolute Gasteiger partial charge is 0.381 e. The number of benzene rings is 1. The number of guanidine groups is 1. The lowest BCUT2D eigenvalue weighted by atomic mass is 10.0. The molecule has 1 heterocycles. The second kappa shape index (κ2) is 13.3. The van der Waals surface area contributed by atoms with Crippen LogP contribution in [-0.4, -0.2) is 60.1 Å². The van der Waals surface area contributed by atoms with Gasteiger partial charge in [-0.2, -0.15) is 0 Å². The van der Waals surface area contributed by atoms with Crippen molar-refractivity contribution in [3.63, 3.8) is 0 Å². The van der Waals surface area contributed by atoms with E-state index in [4.69, 9.17) is 11.5 Å². The summed E-state index contributed by atoms with van der Waals surface area (Å²) in [7, 11) is 0. The highest BCUT2D eigenvalue weighted by atomic mass is 16.3. The van der Waals surface area contributed by atoms with Gasteiger partial charge in [0.15, 0.2) is 12.1 Å². The number of amides is 3. The van der Waals surface area contributed by atoms with Crippen molar-refractivity contribution < 1.29 is 19.5 Å². The number of hydrogen-bond donors (Lipinski definition) is 6. The van der Waals surface area contributed by atoms with Crippen molar-refractivity contribution in [3.8, 4) is 0 Å². The van der Waals surface area contributed by atoms with Crippen LogP contribution in [-0.2, 0) is 20.8 Å². The first-order chi connectivity index (χ1) is 15.4. The van der Waals surface area contributed by atoms with Gasteiger partial charge in [0.05, 0.1) is 6.04 Å². The van der Waals surface area contributed by atoms with E-state index < -0.39 is 24.1 Å². The molecule has 0 spiro atoms. The molecule has 8 N–H and O–H groups in total. The minimum Gasteiger partial charge on any atom is -0.381 e. The Balaban J connectivity index is 2.15. The van der Waals surface area contributed by atoms with Crippen LogP contribution in [0.4, 0.5) is 0 Å². The van der Waals surface area contributed by atoms with Crippen LogP contribution >= 0.6 is 0 Å². The number of carbonyl (C=O) groups excluding carboxylic acids is 3. The third-order valence-corrected chi connectivity index (χ3v) is 5.26. The van der Waals surface area contributed by atoms with Crippen LogP contribution < -0.4 is 27.4 Å². The third kappa shape index (κ3) is 8.93. The van der Waals surface area contributed by atoms with Gasteiger partial charge in [0.2, 0.25) is 11.8 Å². The number of rotatable bonds is 6. The van der Waals surface area contributed by atoms with Gasteiger partial charge in [-0.15, -0.1) is 0 Å². The minimum absolute atomic E-state index is 0.0481. The Labute approximate surface area is 188 Å². The molecule has 1 unspecified atom stereocenters. The maximum atomic E-state index is 12.8. The standard InChI is InChI=1S/C22H34N6O4/c23-22(24)26-13-7-10-16-19(30)21(32)28-17(14-15-8-3-1-4-9-15)20(31)25-12-6-2-5-11-18(29)27-16/h1,3-4,8-9,16-17,19,30H,2,5-7,10-14H2,(H,25,31)(H,27,29)(H,28,32)(H4,23,24,26)/t16-,17+,19?/m0/s1. The molecule has 0 saturated carbocycles. The zero-order valence-corrected chi connectivity index (χ0v) is 18.3. The van der Waals surface area contributed by atoms with Crippen LogP contribution in [0.5, 0.6) is 0 Å². The van der Waals surface area contributed by atoms with E-state index in [1.807, 2.05) is 30.3 Å². The third-order valence-electron chi connectivity index (χ3n) is 5.26. The Morgan fingerprint density at radius 2 is 1.78 bits per heavy atom. The predicted molar refractivity (Wildman–Crippen MR) is 121 cm³/mol. The van der Waals surface area contributed by atoms with Gasteiger partial charge in [0.25, 0.3) is 5.91 Å². The number of aliphatic hydroxyl groups excluding tert-OH is 1. The van der Waals surface area contributed by atoms with Crippen LogP contribution in [0.1, 0.15) is 44.1 Å². The minimum atomic E-state index is -1.52. The molecule has 1 aromatic carbocycles. The molecule has 32 heavy (non-hydrogen) atoms. The Bertz CT molecular complexity index is 782. The van der Waals surface area contributed by atoms with Crippen LogP contribution in [0.25, 0.3) is 0 Å². The van der Waals surface area contributed by atoms with Gasteiger partial charge in [-0.25, -0.2) is 0 Å². The van der Waals surface area contributed by atoms with E-state index in [1.165, 1.54) is 0 Å². The average molecular weight is 447 g/mol. The predicted octanol–water partition coefficient (Wildman–Crippen LogP) is -0.697. The van der Waals surface area contributed by atoms with Gasteiger partial charge in [0, 0.05) is 25.9 Å². The van der Waals surface area contributed by atoms with Crippen molar-refractivity contribution in [1.82, 2.24) is 16.0 Å². The number of nitrogens with two attached hydrogens (primary N) is 2. The summed E-state index contributed by atoms with van der Waals surface area (Å²) in [5, 5.41) is 18.9. The molecular formula is C22H34N6O4. The molecular weight excluding hydrogens is 412 g/mol. The molecule has 1 fully saturated rings. The van der Waals surface area contributed by atoms with E-state index in [0.29, 0.717) is 32.4 Å². The first-order valence-electron chi connectivity index (χ1n) is 11.0. The lowest BCUT2D eigenvalue weighted by molar-refractivity contribution is -0.136. The van der Waals surface area contributed by atoms with E-state index in [-0.39, 0.29) is 30.6 Å². The van der Waals surface area contributed by atoms with E-state index in [2.05, 4.69) is 20.9 Å². The van der Waals surface area contributed by atoms with E-state index in [1.54, 1.807) is 0 Å². The summed E-state index contributed by atoms with van der Waals surface area (Å²) in [5.41, 5.74) is 11.5. The number of nitrogens with one attached hydrogen (secondary N) is 3. The highest BCUT2D eigenvalue weighted by Gasteiger charge is 2.31. The topological polar surface area (TPSA) is 172 Å². The first kappa shape index (κ1) is 25.1. The summed E-state index contributed by atoms with van der Waals surface area (Å²) in [6, 6.07) is 7.65. The van der Waals surface area contributed by atoms with Crippen LogP contribution in [0.2, 0.25) is 0 Å². The molecule has 1 saturated heterocycles. The summed E-state index contributed by atoms with van der Waals surface area (Å²) in [4.78, 5) is 41.8. The van der Waals surface area contributed by atoms with Gasteiger partial charge >= 0.3 is 0 Å². The Kier molecular flexibility index (Phi) is 10.5. The van der Waals surface area contributed by atoms with Gasteiger partial charge in [-0.3, -0.25) is 19.4 Å². The van der Waals surface area contributed by atoms with Crippen molar-refractivity contribution in [2.24, 2.45) is 16.5 Å². The van der Waals surface area contributed by atoms with Gasteiger partial charge in [-0.05, 0) is 31.2 Å².